The van der Waals surface area contributed by atoms with Gasteiger partial charge in [-0.3, -0.25) is 0 Å². The predicted octanol–water partition coefficient (Wildman–Crippen LogP) is 8.04. The van der Waals surface area contributed by atoms with Gasteiger partial charge < -0.3 is 15.2 Å². The predicted molar refractivity (Wildman–Crippen MR) is 143 cm³/mol. The van der Waals surface area contributed by atoms with Crippen molar-refractivity contribution in [3.8, 4) is 5.75 Å². The number of fused-ring (bicyclic) bond motifs is 1. The second-order valence-electron chi connectivity index (χ2n) is 9.78. The van der Waals surface area contributed by atoms with Crippen LogP contribution in [0.15, 0.2) is 42.5 Å². The SMILES string of the molecule is CCCCCCCCCCCCCCCC(C)NCC(O)COc1cccc2ccccc12. The number of unbranched alkanes of at least 4 members (excludes halogenated alkanes) is 12. The Bertz CT molecular complexity index is 727. The lowest BCUT2D eigenvalue weighted by atomic mass is 10.0. The molecular formula is C30H49NO2. The molecule has 0 aliphatic carbocycles. The molecule has 186 valence electrons. The van der Waals surface area contributed by atoms with Gasteiger partial charge in [-0.2, -0.15) is 0 Å². The van der Waals surface area contributed by atoms with Crippen molar-refractivity contribution in [2.24, 2.45) is 0 Å². The van der Waals surface area contributed by atoms with Gasteiger partial charge in [0.2, 0.25) is 0 Å². The molecule has 2 unspecified atom stereocenters. The van der Waals surface area contributed by atoms with Crippen molar-refractivity contribution in [2.75, 3.05) is 13.2 Å². The third-order valence-electron chi connectivity index (χ3n) is 6.62. The summed E-state index contributed by atoms with van der Waals surface area (Å²) in [5.74, 6) is 0.840. The molecule has 0 heterocycles. The fourth-order valence-corrected chi connectivity index (χ4v) is 4.47. The van der Waals surface area contributed by atoms with Gasteiger partial charge in [-0.1, -0.05) is 127 Å². The fourth-order valence-electron chi connectivity index (χ4n) is 4.47. The van der Waals surface area contributed by atoms with E-state index in [1.54, 1.807) is 0 Å². The number of aliphatic hydroxyl groups is 1. The van der Waals surface area contributed by atoms with Gasteiger partial charge in [0.1, 0.15) is 18.5 Å². The van der Waals surface area contributed by atoms with Crippen molar-refractivity contribution in [2.45, 2.75) is 116 Å². The zero-order valence-corrected chi connectivity index (χ0v) is 21.4. The molecule has 0 amide bonds. The van der Waals surface area contributed by atoms with Crippen LogP contribution in [0.3, 0.4) is 0 Å². The highest BCUT2D eigenvalue weighted by Crippen LogP contribution is 2.25. The smallest absolute Gasteiger partial charge is 0.127 e. The summed E-state index contributed by atoms with van der Waals surface area (Å²) in [5.41, 5.74) is 0. The lowest BCUT2D eigenvalue weighted by Crippen LogP contribution is -2.36. The zero-order valence-electron chi connectivity index (χ0n) is 21.4. The molecule has 0 spiro atoms. The van der Waals surface area contributed by atoms with E-state index in [0.717, 1.165) is 16.5 Å². The molecule has 0 saturated carbocycles. The summed E-state index contributed by atoms with van der Waals surface area (Å²) >= 11 is 0. The normalized spacial score (nSPS) is 13.3. The lowest BCUT2D eigenvalue weighted by molar-refractivity contribution is 0.104. The van der Waals surface area contributed by atoms with E-state index in [1.165, 1.54) is 89.9 Å². The summed E-state index contributed by atoms with van der Waals surface area (Å²) in [6.45, 7) is 5.39. The average molecular weight is 456 g/mol. The zero-order chi connectivity index (χ0) is 23.6. The van der Waals surface area contributed by atoms with E-state index in [2.05, 4.69) is 37.4 Å². The Hall–Kier alpha value is -1.58. The number of benzene rings is 2. The van der Waals surface area contributed by atoms with E-state index in [4.69, 9.17) is 4.74 Å². The van der Waals surface area contributed by atoms with Crippen molar-refractivity contribution in [1.82, 2.24) is 5.32 Å². The Morgan fingerprint density at radius 2 is 1.33 bits per heavy atom. The van der Waals surface area contributed by atoms with Gasteiger partial charge >= 0.3 is 0 Å². The molecule has 0 bridgehead atoms. The van der Waals surface area contributed by atoms with Gasteiger partial charge in [-0.25, -0.2) is 0 Å². The highest BCUT2D eigenvalue weighted by atomic mass is 16.5. The summed E-state index contributed by atoms with van der Waals surface area (Å²) in [7, 11) is 0. The maximum absolute atomic E-state index is 10.3. The number of nitrogens with one attached hydrogen (secondary N) is 1. The maximum Gasteiger partial charge on any atom is 0.127 e. The van der Waals surface area contributed by atoms with Gasteiger partial charge in [-0.05, 0) is 24.8 Å². The van der Waals surface area contributed by atoms with E-state index < -0.39 is 6.10 Å². The molecule has 2 atom stereocenters. The summed E-state index contributed by atoms with van der Waals surface area (Å²) in [6.07, 6.45) is 18.8. The minimum atomic E-state index is -0.502. The van der Waals surface area contributed by atoms with E-state index in [1.807, 2.05) is 24.3 Å². The first-order valence-electron chi connectivity index (χ1n) is 13.7. The highest BCUT2D eigenvalue weighted by molar-refractivity contribution is 5.88. The summed E-state index contributed by atoms with van der Waals surface area (Å²) < 4.78 is 5.91. The van der Waals surface area contributed by atoms with E-state index >= 15 is 0 Å². The molecule has 2 aromatic carbocycles. The molecule has 0 aliphatic rings. The molecule has 0 aromatic heterocycles. The van der Waals surface area contributed by atoms with Crippen molar-refractivity contribution in [3.63, 3.8) is 0 Å². The number of aliphatic hydroxyl groups excluding tert-OH is 1. The highest BCUT2D eigenvalue weighted by Gasteiger charge is 2.09. The molecule has 0 radical (unpaired) electrons. The van der Waals surface area contributed by atoms with Crippen LogP contribution in [0, 0.1) is 0 Å². The van der Waals surface area contributed by atoms with Crippen LogP contribution >= 0.6 is 0 Å². The number of hydrogen-bond acceptors (Lipinski definition) is 3. The van der Waals surface area contributed by atoms with Crippen molar-refractivity contribution in [3.05, 3.63) is 42.5 Å². The number of ether oxygens (including phenoxy) is 1. The van der Waals surface area contributed by atoms with Crippen LogP contribution in [-0.2, 0) is 0 Å². The van der Waals surface area contributed by atoms with Crippen LogP contribution in [0.4, 0.5) is 0 Å². The topological polar surface area (TPSA) is 41.5 Å². The second kappa shape index (κ2) is 17.8. The van der Waals surface area contributed by atoms with Crippen LogP contribution in [0.5, 0.6) is 5.75 Å². The minimum absolute atomic E-state index is 0.312. The van der Waals surface area contributed by atoms with Crippen LogP contribution in [0.25, 0.3) is 10.8 Å². The summed E-state index contributed by atoms with van der Waals surface area (Å²) in [6, 6.07) is 14.7. The molecule has 2 aromatic rings. The van der Waals surface area contributed by atoms with E-state index in [9.17, 15) is 5.11 Å². The molecule has 3 nitrogen and oxygen atoms in total. The first-order chi connectivity index (χ1) is 16.2. The van der Waals surface area contributed by atoms with Crippen molar-refractivity contribution in [1.29, 1.82) is 0 Å². The maximum atomic E-state index is 10.3. The third kappa shape index (κ3) is 12.5. The van der Waals surface area contributed by atoms with E-state index in [0.29, 0.717) is 19.2 Å². The van der Waals surface area contributed by atoms with Gasteiger partial charge in [0, 0.05) is 18.0 Å². The van der Waals surface area contributed by atoms with Crippen LogP contribution in [0.2, 0.25) is 0 Å². The van der Waals surface area contributed by atoms with Crippen LogP contribution < -0.4 is 10.1 Å². The van der Waals surface area contributed by atoms with Crippen molar-refractivity contribution >= 4 is 10.8 Å². The molecule has 2 rings (SSSR count). The number of rotatable bonds is 20. The Balaban J connectivity index is 1.42. The van der Waals surface area contributed by atoms with Gasteiger partial charge in [0.05, 0.1) is 0 Å². The molecule has 0 fully saturated rings. The molecule has 33 heavy (non-hydrogen) atoms. The Morgan fingerprint density at radius 3 is 2.00 bits per heavy atom. The Labute approximate surface area is 203 Å². The number of hydrogen-bond donors (Lipinski definition) is 2. The minimum Gasteiger partial charge on any atom is -0.490 e. The molecule has 3 heteroatoms. The molecular weight excluding hydrogens is 406 g/mol. The fraction of sp³-hybridized carbons (Fsp3) is 0.667. The standard InChI is InChI=1S/C30H49NO2/c1-3-4-5-6-7-8-9-10-11-12-13-14-15-19-26(2)31-24-28(32)25-33-30-23-18-21-27-20-16-17-22-29(27)30/h16-18,20-23,26,28,31-32H,3-15,19,24-25H2,1-2H3. The Morgan fingerprint density at radius 1 is 0.758 bits per heavy atom. The quantitative estimate of drug-likeness (QED) is 0.198. The first-order valence-corrected chi connectivity index (χ1v) is 13.7. The summed E-state index contributed by atoms with van der Waals surface area (Å²) in [4.78, 5) is 0. The molecule has 0 saturated heterocycles. The van der Waals surface area contributed by atoms with E-state index in [-0.39, 0.29) is 0 Å². The van der Waals surface area contributed by atoms with Gasteiger partial charge in [0.15, 0.2) is 0 Å². The first kappa shape index (κ1) is 27.7. The van der Waals surface area contributed by atoms with Crippen LogP contribution in [-0.4, -0.2) is 30.4 Å². The largest absolute Gasteiger partial charge is 0.490 e. The van der Waals surface area contributed by atoms with Gasteiger partial charge in [-0.15, -0.1) is 0 Å². The lowest BCUT2D eigenvalue weighted by Gasteiger charge is -2.18. The monoisotopic (exact) mass is 455 g/mol. The van der Waals surface area contributed by atoms with Gasteiger partial charge in [0.25, 0.3) is 0 Å². The molecule has 0 aliphatic heterocycles. The average Bonchev–Trinajstić information content (AvgIpc) is 2.84. The second-order valence-corrected chi connectivity index (χ2v) is 9.78. The van der Waals surface area contributed by atoms with Crippen LogP contribution in [0.1, 0.15) is 104 Å². The molecule has 2 N–H and O–H groups in total. The Kier molecular flexibility index (Phi) is 15.0. The third-order valence-corrected chi connectivity index (χ3v) is 6.62. The van der Waals surface area contributed by atoms with Crippen molar-refractivity contribution < 1.29 is 9.84 Å². The summed E-state index contributed by atoms with van der Waals surface area (Å²) in [5, 5.41) is 16.1.